The van der Waals surface area contributed by atoms with Crippen molar-refractivity contribution in [3.8, 4) is 0 Å². The molecule has 0 spiro atoms. The summed E-state index contributed by atoms with van der Waals surface area (Å²) in [6.45, 7) is 0.862. The molecule has 0 heterocycles. The first-order valence-corrected chi connectivity index (χ1v) is 9.48. The van der Waals surface area contributed by atoms with Gasteiger partial charge in [0.15, 0.2) is 0 Å². The van der Waals surface area contributed by atoms with Crippen molar-refractivity contribution in [2.45, 2.75) is 109 Å². The van der Waals surface area contributed by atoms with Crippen molar-refractivity contribution in [1.82, 2.24) is 0 Å². The Kier molecular flexibility index (Phi) is 17.8. The predicted molar refractivity (Wildman–Crippen MR) is 95.1 cm³/mol. The summed E-state index contributed by atoms with van der Waals surface area (Å²) in [6.07, 6.45) is 21.4. The van der Waals surface area contributed by atoms with E-state index in [4.69, 9.17) is 17.2 Å². The minimum absolute atomic E-state index is 0.106. The van der Waals surface area contributed by atoms with E-state index in [-0.39, 0.29) is 6.17 Å². The van der Waals surface area contributed by atoms with Gasteiger partial charge in [-0.15, -0.1) is 0 Å². The molecule has 0 unspecified atom stereocenters. The van der Waals surface area contributed by atoms with Crippen molar-refractivity contribution in [1.29, 1.82) is 0 Å². The molecule has 0 radical (unpaired) electrons. The van der Waals surface area contributed by atoms with Gasteiger partial charge in [-0.3, -0.25) is 0 Å². The van der Waals surface area contributed by atoms with E-state index in [0.29, 0.717) is 0 Å². The van der Waals surface area contributed by atoms with Crippen LogP contribution in [0.4, 0.5) is 0 Å². The molecule has 0 bridgehead atoms. The van der Waals surface area contributed by atoms with Gasteiger partial charge in [0.2, 0.25) is 0 Å². The quantitative estimate of drug-likeness (QED) is 0.274. The van der Waals surface area contributed by atoms with E-state index in [1.807, 2.05) is 0 Å². The molecular formula is C18H41N3. The highest BCUT2D eigenvalue weighted by atomic mass is 14.8. The summed E-state index contributed by atoms with van der Waals surface area (Å²) in [5, 5.41) is 0. The SMILES string of the molecule is NCCCCCCCCCCCCCCCCCC(N)N. The smallest absolute Gasteiger partial charge is 0.0520 e. The summed E-state index contributed by atoms with van der Waals surface area (Å²) in [5.74, 6) is 0. The Morgan fingerprint density at radius 1 is 0.429 bits per heavy atom. The Morgan fingerprint density at radius 2 is 0.714 bits per heavy atom. The Hall–Kier alpha value is -0.120. The highest BCUT2D eigenvalue weighted by molar-refractivity contribution is 4.53. The lowest BCUT2D eigenvalue weighted by atomic mass is 10.0. The number of hydrogen-bond acceptors (Lipinski definition) is 3. The van der Waals surface area contributed by atoms with Crippen LogP contribution >= 0.6 is 0 Å². The maximum atomic E-state index is 5.53. The Labute approximate surface area is 133 Å². The average Bonchev–Trinajstić information content (AvgIpc) is 2.46. The molecule has 21 heavy (non-hydrogen) atoms. The van der Waals surface area contributed by atoms with E-state index in [0.717, 1.165) is 13.0 Å². The largest absolute Gasteiger partial charge is 0.330 e. The van der Waals surface area contributed by atoms with Crippen molar-refractivity contribution < 1.29 is 0 Å². The highest BCUT2D eigenvalue weighted by Gasteiger charge is 1.96. The third-order valence-electron chi connectivity index (χ3n) is 4.24. The van der Waals surface area contributed by atoms with E-state index in [9.17, 15) is 0 Å². The van der Waals surface area contributed by atoms with Crippen molar-refractivity contribution in [2.75, 3.05) is 6.54 Å². The summed E-state index contributed by atoms with van der Waals surface area (Å²) < 4.78 is 0. The minimum atomic E-state index is -0.106. The molecule has 0 aromatic rings. The lowest BCUT2D eigenvalue weighted by molar-refractivity contribution is 0.518. The second-order valence-electron chi connectivity index (χ2n) is 6.54. The first kappa shape index (κ1) is 20.9. The van der Waals surface area contributed by atoms with Gasteiger partial charge in [0.1, 0.15) is 0 Å². The molecule has 3 heteroatoms. The Bertz CT molecular complexity index is 183. The van der Waals surface area contributed by atoms with Crippen molar-refractivity contribution in [2.24, 2.45) is 17.2 Å². The lowest BCUT2D eigenvalue weighted by Crippen LogP contribution is -2.29. The maximum absolute atomic E-state index is 5.53. The minimum Gasteiger partial charge on any atom is -0.330 e. The summed E-state index contributed by atoms with van der Waals surface area (Å²) in [7, 11) is 0. The zero-order chi connectivity index (χ0) is 15.6. The molecule has 128 valence electrons. The second kappa shape index (κ2) is 17.9. The lowest BCUT2D eigenvalue weighted by Gasteiger charge is -2.05. The number of unbranched alkanes of at least 4 members (excludes halogenated alkanes) is 14. The van der Waals surface area contributed by atoms with Crippen LogP contribution in [0.2, 0.25) is 0 Å². The molecule has 0 saturated heterocycles. The second-order valence-corrected chi connectivity index (χ2v) is 6.54. The molecule has 0 aliphatic heterocycles. The van der Waals surface area contributed by atoms with Gasteiger partial charge < -0.3 is 17.2 Å². The zero-order valence-corrected chi connectivity index (χ0v) is 14.3. The fraction of sp³-hybridized carbons (Fsp3) is 1.00. The van der Waals surface area contributed by atoms with Gasteiger partial charge in [0.25, 0.3) is 0 Å². The maximum Gasteiger partial charge on any atom is 0.0520 e. The fourth-order valence-corrected chi connectivity index (χ4v) is 2.82. The van der Waals surface area contributed by atoms with Gasteiger partial charge in [-0.05, 0) is 19.4 Å². The molecule has 6 N–H and O–H groups in total. The summed E-state index contributed by atoms with van der Waals surface area (Å²) in [4.78, 5) is 0. The standard InChI is InChI=1S/C18H41N3/c19-17-15-13-11-9-7-5-3-1-2-4-6-8-10-12-14-16-18(20)21/h18H,1-17,19-21H2. The van der Waals surface area contributed by atoms with Crippen LogP contribution in [0, 0.1) is 0 Å². The van der Waals surface area contributed by atoms with E-state index >= 15 is 0 Å². The van der Waals surface area contributed by atoms with Gasteiger partial charge in [-0.25, -0.2) is 0 Å². The monoisotopic (exact) mass is 299 g/mol. The van der Waals surface area contributed by atoms with E-state index in [1.165, 1.54) is 96.3 Å². The summed E-state index contributed by atoms with van der Waals surface area (Å²) in [5.41, 5.74) is 16.5. The molecule has 0 saturated carbocycles. The molecule has 0 atom stereocenters. The summed E-state index contributed by atoms with van der Waals surface area (Å²) in [6, 6.07) is 0. The number of hydrogen-bond donors (Lipinski definition) is 3. The number of rotatable bonds is 17. The first-order chi connectivity index (χ1) is 10.3. The molecule has 0 amide bonds. The fourth-order valence-electron chi connectivity index (χ4n) is 2.82. The van der Waals surface area contributed by atoms with Crippen LogP contribution < -0.4 is 17.2 Å². The van der Waals surface area contributed by atoms with Crippen molar-refractivity contribution in [3.63, 3.8) is 0 Å². The molecule has 0 fully saturated rings. The average molecular weight is 300 g/mol. The van der Waals surface area contributed by atoms with Crippen molar-refractivity contribution >= 4 is 0 Å². The van der Waals surface area contributed by atoms with Crippen LogP contribution in [0.3, 0.4) is 0 Å². The highest BCUT2D eigenvalue weighted by Crippen LogP contribution is 2.13. The summed E-state index contributed by atoms with van der Waals surface area (Å²) >= 11 is 0. The molecule has 0 aromatic carbocycles. The molecular weight excluding hydrogens is 258 g/mol. The van der Waals surface area contributed by atoms with Gasteiger partial charge in [-0.2, -0.15) is 0 Å². The van der Waals surface area contributed by atoms with Gasteiger partial charge in [0, 0.05) is 0 Å². The van der Waals surface area contributed by atoms with E-state index < -0.39 is 0 Å². The molecule has 0 rings (SSSR count). The van der Waals surface area contributed by atoms with Crippen LogP contribution in [-0.2, 0) is 0 Å². The Morgan fingerprint density at radius 3 is 1.00 bits per heavy atom. The van der Waals surface area contributed by atoms with Gasteiger partial charge in [0.05, 0.1) is 6.17 Å². The van der Waals surface area contributed by atoms with Gasteiger partial charge in [-0.1, -0.05) is 89.9 Å². The molecule has 3 nitrogen and oxygen atoms in total. The molecule has 0 aliphatic rings. The normalized spacial score (nSPS) is 11.4. The number of nitrogens with two attached hydrogens (primary N) is 3. The van der Waals surface area contributed by atoms with Crippen molar-refractivity contribution in [3.05, 3.63) is 0 Å². The third-order valence-corrected chi connectivity index (χ3v) is 4.24. The molecule has 0 aliphatic carbocycles. The van der Waals surface area contributed by atoms with Crippen LogP contribution in [0.15, 0.2) is 0 Å². The van der Waals surface area contributed by atoms with E-state index in [2.05, 4.69) is 0 Å². The van der Waals surface area contributed by atoms with Crippen LogP contribution in [0.25, 0.3) is 0 Å². The Balaban J connectivity index is 2.93. The van der Waals surface area contributed by atoms with Gasteiger partial charge >= 0.3 is 0 Å². The third kappa shape index (κ3) is 19.9. The predicted octanol–water partition coefficient (Wildman–Crippen LogP) is 4.43. The topological polar surface area (TPSA) is 78.1 Å². The molecule has 0 aromatic heterocycles. The van der Waals surface area contributed by atoms with Crippen LogP contribution in [0.1, 0.15) is 103 Å². The van der Waals surface area contributed by atoms with Crippen LogP contribution in [-0.4, -0.2) is 12.7 Å². The van der Waals surface area contributed by atoms with E-state index in [1.54, 1.807) is 0 Å². The first-order valence-electron chi connectivity index (χ1n) is 9.48. The zero-order valence-electron chi connectivity index (χ0n) is 14.3. The van der Waals surface area contributed by atoms with Crippen LogP contribution in [0.5, 0.6) is 0 Å².